The predicted octanol–water partition coefficient (Wildman–Crippen LogP) is 1.25. The van der Waals surface area contributed by atoms with Crippen LogP contribution >= 0.6 is 11.6 Å². The van der Waals surface area contributed by atoms with E-state index in [2.05, 4.69) is 19.8 Å². The van der Waals surface area contributed by atoms with Gasteiger partial charge in [-0.3, -0.25) is 9.80 Å². The standard InChI is InChI=1S/C11H14ClFN4/c1-7-9(13)10(12)15-11(14-7)8-6-16-2-4-17(8)5-3-16/h8H,2-6H2,1H3. The van der Waals surface area contributed by atoms with E-state index >= 15 is 0 Å². The van der Waals surface area contributed by atoms with E-state index in [9.17, 15) is 4.39 Å². The number of rotatable bonds is 1. The van der Waals surface area contributed by atoms with Gasteiger partial charge in [0.15, 0.2) is 11.0 Å². The van der Waals surface area contributed by atoms with Crippen LogP contribution in [0.1, 0.15) is 17.6 Å². The summed E-state index contributed by atoms with van der Waals surface area (Å²) in [6, 6.07) is 0.161. The molecule has 3 aliphatic heterocycles. The minimum Gasteiger partial charge on any atom is -0.299 e. The molecule has 4 rings (SSSR count). The Labute approximate surface area is 104 Å². The number of piperazine rings is 3. The minimum atomic E-state index is -0.508. The molecule has 92 valence electrons. The van der Waals surface area contributed by atoms with Crippen molar-refractivity contribution in [3.63, 3.8) is 0 Å². The normalized spacial score (nSPS) is 31.8. The lowest BCUT2D eigenvalue weighted by Crippen LogP contribution is -2.57. The molecule has 1 aromatic rings. The summed E-state index contributed by atoms with van der Waals surface area (Å²) in [6.07, 6.45) is 0. The van der Waals surface area contributed by atoms with Gasteiger partial charge in [0, 0.05) is 32.7 Å². The molecule has 4 nitrogen and oxygen atoms in total. The summed E-state index contributed by atoms with van der Waals surface area (Å²) < 4.78 is 13.4. The van der Waals surface area contributed by atoms with Crippen LogP contribution in [0.5, 0.6) is 0 Å². The lowest BCUT2D eigenvalue weighted by molar-refractivity contribution is 0.00850. The second kappa shape index (κ2) is 4.15. The Hall–Kier alpha value is -0.780. The SMILES string of the molecule is Cc1nc(C2CN3CCN2CC3)nc(Cl)c1F. The van der Waals surface area contributed by atoms with E-state index in [4.69, 9.17) is 11.6 Å². The Balaban J connectivity index is 1.94. The largest absolute Gasteiger partial charge is 0.299 e. The fraction of sp³-hybridized carbons (Fsp3) is 0.636. The lowest BCUT2D eigenvalue weighted by Gasteiger charge is -2.46. The van der Waals surface area contributed by atoms with Gasteiger partial charge >= 0.3 is 0 Å². The van der Waals surface area contributed by atoms with Gasteiger partial charge in [0.1, 0.15) is 5.82 Å². The van der Waals surface area contributed by atoms with Crippen molar-refractivity contribution in [2.45, 2.75) is 13.0 Å². The van der Waals surface area contributed by atoms with Crippen molar-refractivity contribution in [2.75, 3.05) is 32.7 Å². The fourth-order valence-corrected chi connectivity index (χ4v) is 2.78. The van der Waals surface area contributed by atoms with Crippen LogP contribution in [-0.2, 0) is 0 Å². The van der Waals surface area contributed by atoms with Crippen LogP contribution in [-0.4, -0.2) is 52.5 Å². The van der Waals surface area contributed by atoms with E-state index in [0.29, 0.717) is 11.5 Å². The van der Waals surface area contributed by atoms with Gasteiger partial charge in [-0.25, -0.2) is 14.4 Å². The predicted molar refractivity (Wildman–Crippen MR) is 62.5 cm³/mol. The van der Waals surface area contributed by atoms with E-state index in [1.807, 2.05) is 0 Å². The molecule has 3 aliphatic rings. The average Bonchev–Trinajstić information content (AvgIpc) is 2.36. The lowest BCUT2D eigenvalue weighted by atomic mass is 10.1. The first kappa shape index (κ1) is 11.3. The molecule has 0 aliphatic carbocycles. The molecule has 4 heterocycles. The summed E-state index contributed by atoms with van der Waals surface area (Å²) in [5.41, 5.74) is 0.331. The van der Waals surface area contributed by atoms with Gasteiger partial charge in [-0.2, -0.15) is 0 Å². The number of aryl methyl sites for hydroxylation is 1. The topological polar surface area (TPSA) is 32.3 Å². The maximum Gasteiger partial charge on any atom is 0.181 e. The van der Waals surface area contributed by atoms with E-state index in [1.54, 1.807) is 6.92 Å². The monoisotopic (exact) mass is 256 g/mol. The van der Waals surface area contributed by atoms with Gasteiger partial charge in [0.2, 0.25) is 0 Å². The van der Waals surface area contributed by atoms with Crippen molar-refractivity contribution >= 4 is 11.6 Å². The van der Waals surface area contributed by atoms with Crippen LogP contribution in [0.2, 0.25) is 5.15 Å². The second-order valence-electron chi connectivity index (χ2n) is 4.62. The molecular weight excluding hydrogens is 243 g/mol. The third-order valence-electron chi connectivity index (χ3n) is 3.57. The zero-order valence-corrected chi connectivity index (χ0v) is 10.4. The number of nitrogens with zero attached hydrogens (tertiary/aromatic N) is 4. The molecule has 1 aromatic heterocycles. The zero-order chi connectivity index (χ0) is 12.0. The highest BCUT2D eigenvalue weighted by atomic mass is 35.5. The molecule has 3 fully saturated rings. The molecule has 1 atom stereocenters. The van der Waals surface area contributed by atoms with Crippen LogP contribution in [0.4, 0.5) is 4.39 Å². The Morgan fingerprint density at radius 3 is 2.47 bits per heavy atom. The minimum absolute atomic E-state index is 0.0647. The van der Waals surface area contributed by atoms with Gasteiger partial charge in [-0.05, 0) is 6.92 Å². The Bertz CT molecular complexity index is 422. The summed E-state index contributed by atoms with van der Waals surface area (Å²) in [6.45, 7) is 6.81. The van der Waals surface area contributed by atoms with Crippen molar-refractivity contribution in [3.05, 3.63) is 22.5 Å². The number of aromatic nitrogens is 2. The van der Waals surface area contributed by atoms with Gasteiger partial charge in [-0.1, -0.05) is 11.6 Å². The number of fused-ring (bicyclic) bond motifs is 3. The molecule has 0 saturated carbocycles. The molecule has 0 spiro atoms. The van der Waals surface area contributed by atoms with Crippen LogP contribution in [0.15, 0.2) is 0 Å². The summed E-state index contributed by atoms with van der Waals surface area (Å²) in [4.78, 5) is 13.1. The first-order valence-corrected chi connectivity index (χ1v) is 6.19. The Morgan fingerprint density at radius 2 is 1.94 bits per heavy atom. The summed E-state index contributed by atoms with van der Waals surface area (Å²) in [5, 5.41) is -0.0647. The molecule has 6 heteroatoms. The number of halogens is 2. The molecule has 0 N–H and O–H groups in total. The molecule has 1 unspecified atom stereocenters. The molecule has 3 saturated heterocycles. The van der Waals surface area contributed by atoms with Crippen molar-refractivity contribution < 1.29 is 4.39 Å². The van der Waals surface area contributed by atoms with Gasteiger partial charge in [0.05, 0.1) is 11.7 Å². The highest BCUT2D eigenvalue weighted by Crippen LogP contribution is 2.28. The Kier molecular flexibility index (Phi) is 2.77. The van der Waals surface area contributed by atoms with E-state index in [1.165, 1.54) is 0 Å². The second-order valence-corrected chi connectivity index (χ2v) is 4.98. The molecule has 0 aromatic carbocycles. The quantitative estimate of drug-likeness (QED) is 0.708. The van der Waals surface area contributed by atoms with Crippen molar-refractivity contribution in [1.82, 2.24) is 19.8 Å². The summed E-state index contributed by atoms with van der Waals surface area (Å²) in [7, 11) is 0. The zero-order valence-electron chi connectivity index (χ0n) is 9.66. The van der Waals surface area contributed by atoms with Gasteiger partial charge in [0.25, 0.3) is 0 Å². The van der Waals surface area contributed by atoms with Crippen LogP contribution in [0.25, 0.3) is 0 Å². The maximum absolute atomic E-state index is 13.4. The van der Waals surface area contributed by atoms with E-state index in [-0.39, 0.29) is 11.2 Å². The third-order valence-corrected chi connectivity index (χ3v) is 3.82. The Morgan fingerprint density at radius 1 is 1.24 bits per heavy atom. The average molecular weight is 257 g/mol. The molecule has 0 radical (unpaired) electrons. The maximum atomic E-state index is 13.4. The first-order valence-electron chi connectivity index (χ1n) is 5.81. The summed E-state index contributed by atoms with van der Waals surface area (Å²) >= 11 is 5.78. The summed E-state index contributed by atoms with van der Waals surface area (Å²) in [5.74, 6) is 0.144. The molecule has 0 amide bonds. The third kappa shape index (κ3) is 1.92. The van der Waals surface area contributed by atoms with Gasteiger partial charge in [-0.15, -0.1) is 0 Å². The highest BCUT2D eigenvalue weighted by molar-refractivity contribution is 6.29. The van der Waals surface area contributed by atoms with E-state index in [0.717, 1.165) is 32.7 Å². The fourth-order valence-electron chi connectivity index (χ4n) is 2.56. The molecule has 17 heavy (non-hydrogen) atoms. The number of hydrogen-bond acceptors (Lipinski definition) is 4. The van der Waals surface area contributed by atoms with Gasteiger partial charge < -0.3 is 0 Å². The molecular formula is C11H14ClFN4. The molecule has 2 bridgehead atoms. The van der Waals surface area contributed by atoms with E-state index < -0.39 is 5.82 Å². The first-order chi connectivity index (χ1) is 8.15. The van der Waals surface area contributed by atoms with Crippen LogP contribution in [0.3, 0.4) is 0 Å². The smallest absolute Gasteiger partial charge is 0.181 e. The van der Waals surface area contributed by atoms with Crippen molar-refractivity contribution in [3.8, 4) is 0 Å². The highest BCUT2D eigenvalue weighted by Gasteiger charge is 2.34. The van der Waals surface area contributed by atoms with Crippen LogP contribution < -0.4 is 0 Å². The van der Waals surface area contributed by atoms with Crippen molar-refractivity contribution in [2.24, 2.45) is 0 Å². The number of hydrogen-bond donors (Lipinski definition) is 0. The van der Waals surface area contributed by atoms with Crippen LogP contribution in [0, 0.1) is 12.7 Å². The van der Waals surface area contributed by atoms with Crippen molar-refractivity contribution in [1.29, 1.82) is 0 Å².